The van der Waals surface area contributed by atoms with E-state index >= 15 is 0 Å². The average molecular weight is 334 g/mol. The van der Waals surface area contributed by atoms with Crippen LogP contribution in [0.1, 0.15) is 5.56 Å². The Morgan fingerprint density at radius 2 is 1.76 bits per heavy atom. The van der Waals surface area contributed by atoms with Gasteiger partial charge in [0.2, 0.25) is 0 Å². The van der Waals surface area contributed by atoms with Gasteiger partial charge in [0.05, 0.1) is 17.7 Å². The third kappa shape index (κ3) is 3.02. The molecule has 6 heteroatoms. The van der Waals surface area contributed by atoms with Crippen molar-refractivity contribution in [2.45, 2.75) is 6.04 Å². The van der Waals surface area contributed by atoms with E-state index in [0.717, 1.165) is 25.3 Å². The Bertz CT molecular complexity index is 811. The molecule has 2 aromatic rings. The molecule has 2 amide bonds. The first-order chi connectivity index (χ1) is 12.2. The number of fused-ring (bicyclic) bond motifs is 1. The zero-order valence-corrected chi connectivity index (χ0v) is 13.7. The van der Waals surface area contributed by atoms with Gasteiger partial charge in [-0.15, -0.1) is 0 Å². The number of nitriles is 1. The summed E-state index contributed by atoms with van der Waals surface area (Å²) in [5.41, 5.74) is 1.48. The summed E-state index contributed by atoms with van der Waals surface area (Å²) in [6.45, 7) is 3.18. The van der Waals surface area contributed by atoms with Crippen LogP contribution in [0.2, 0.25) is 0 Å². The monoisotopic (exact) mass is 334 g/mol. The predicted octanol–water partition coefficient (Wildman–Crippen LogP) is 2.56. The molecule has 126 valence electrons. The number of hydrogen-bond acceptors (Lipinski definition) is 4. The highest BCUT2D eigenvalue weighted by atomic mass is 16.5. The van der Waals surface area contributed by atoms with Crippen LogP contribution in [0.15, 0.2) is 48.5 Å². The van der Waals surface area contributed by atoms with Gasteiger partial charge in [0.25, 0.3) is 0 Å². The van der Waals surface area contributed by atoms with Gasteiger partial charge < -0.3 is 15.0 Å². The van der Waals surface area contributed by atoms with Gasteiger partial charge in [0.15, 0.2) is 0 Å². The van der Waals surface area contributed by atoms with Crippen LogP contribution in [-0.4, -0.2) is 43.2 Å². The lowest BCUT2D eigenvalue weighted by Gasteiger charge is -2.28. The number of hydrogen-bond donors (Lipinski definition) is 1. The molecular weight excluding hydrogens is 316 g/mol. The fourth-order valence-corrected chi connectivity index (χ4v) is 3.26. The smallest absolute Gasteiger partial charge is 0.324 e. The molecule has 2 aliphatic rings. The summed E-state index contributed by atoms with van der Waals surface area (Å²) >= 11 is 0. The lowest BCUT2D eigenvalue weighted by molar-refractivity contribution is 0.193. The standard InChI is InChI=1S/C19H18N4O2/c20-11-14-1-5-17(6-2-14)25-18-7-3-15(4-8-18)23-13-16-12-21-9-10-22(16)19(23)24/h1-8,16,21H,9-10,12-13H2/t16-/m0/s1. The van der Waals surface area contributed by atoms with Gasteiger partial charge >= 0.3 is 6.03 Å². The number of carbonyl (C=O) groups is 1. The summed E-state index contributed by atoms with van der Waals surface area (Å²) in [4.78, 5) is 16.3. The van der Waals surface area contributed by atoms with Crippen LogP contribution in [0, 0.1) is 11.3 Å². The molecule has 0 bridgehead atoms. The predicted molar refractivity (Wildman–Crippen MR) is 93.8 cm³/mol. The molecule has 1 N–H and O–H groups in total. The first-order valence-corrected chi connectivity index (χ1v) is 8.31. The highest BCUT2D eigenvalue weighted by Crippen LogP contribution is 2.28. The van der Waals surface area contributed by atoms with Crippen molar-refractivity contribution in [3.8, 4) is 17.6 Å². The van der Waals surface area contributed by atoms with Crippen molar-refractivity contribution in [2.75, 3.05) is 31.1 Å². The molecule has 1 atom stereocenters. The maximum absolute atomic E-state index is 12.5. The van der Waals surface area contributed by atoms with Gasteiger partial charge in [-0.25, -0.2) is 4.79 Å². The van der Waals surface area contributed by atoms with Crippen LogP contribution in [0.3, 0.4) is 0 Å². The van der Waals surface area contributed by atoms with E-state index in [1.807, 2.05) is 34.1 Å². The molecule has 25 heavy (non-hydrogen) atoms. The zero-order valence-electron chi connectivity index (χ0n) is 13.7. The number of carbonyl (C=O) groups excluding carboxylic acids is 1. The topological polar surface area (TPSA) is 68.6 Å². The van der Waals surface area contributed by atoms with Crippen molar-refractivity contribution < 1.29 is 9.53 Å². The number of urea groups is 1. The fourth-order valence-electron chi connectivity index (χ4n) is 3.26. The third-order valence-electron chi connectivity index (χ3n) is 4.59. The molecule has 2 saturated heterocycles. The van der Waals surface area contributed by atoms with Crippen molar-refractivity contribution in [1.82, 2.24) is 10.2 Å². The first-order valence-electron chi connectivity index (χ1n) is 8.31. The second kappa shape index (κ2) is 6.46. The molecule has 0 spiro atoms. The summed E-state index contributed by atoms with van der Waals surface area (Å²) in [7, 11) is 0. The molecule has 2 heterocycles. The van der Waals surface area contributed by atoms with E-state index in [9.17, 15) is 4.79 Å². The molecular formula is C19H18N4O2. The first kappa shape index (κ1) is 15.5. The second-order valence-electron chi connectivity index (χ2n) is 6.18. The Kier molecular flexibility index (Phi) is 4.00. The van der Waals surface area contributed by atoms with E-state index < -0.39 is 0 Å². The van der Waals surface area contributed by atoms with Crippen molar-refractivity contribution >= 4 is 11.7 Å². The number of nitrogens with zero attached hydrogens (tertiary/aromatic N) is 3. The molecule has 4 rings (SSSR count). The number of ether oxygens (including phenoxy) is 1. The Morgan fingerprint density at radius 1 is 1.08 bits per heavy atom. The van der Waals surface area contributed by atoms with Gasteiger partial charge in [-0.2, -0.15) is 5.26 Å². The molecule has 0 aromatic heterocycles. The Labute approximate surface area is 146 Å². The Balaban J connectivity index is 1.46. The summed E-state index contributed by atoms with van der Waals surface area (Å²) in [5, 5.41) is 12.2. The maximum atomic E-state index is 12.5. The van der Waals surface area contributed by atoms with Crippen LogP contribution >= 0.6 is 0 Å². The molecule has 0 radical (unpaired) electrons. The number of rotatable bonds is 3. The lowest BCUT2D eigenvalue weighted by atomic mass is 10.2. The van der Waals surface area contributed by atoms with Gasteiger partial charge in [-0.05, 0) is 48.5 Å². The number of amides is 2. The third-order valence-corrected chi connectivity index (χ3v) is 4.59. The second-order valence-corrected chi connectivity index (χ2v) is 6.18. The number of nitrogens with one attached hydrogen (secondary N) is 1. The summed E-state index contributed by atoms with van der Waals surface area (Å²) in [6.07, 6.45) is 0. The van der Waals surface area contributed by atoms with E-state index in [1.54, 1.807) is 24.3 Å². The van der Waals surface area contributed by atoms with Crippen molar-refractivity contribution in [3.63, 3.8) is 0 Å². The van der Waals surface area contributed by atoms with Gasteiger partial charge in [0.1, 0.15) is 11.5 Å². The quantitative estimate of drug-likeness (QED) is 0.937. The van der Waals surface area contributed by atoms with E-state index in [0.29, 0.717) is 23.6 Å². The molecule has 2 aliphatic heterocycles. The van der Waals surface area contributed by atoms with Gasteiger partial charge in [0, 0.05) is 31.9 Å². The van der Waals surface area contributed by atoms with E-state index in [1.165, 1.54) is 0 Å². The van der Waals surface area contributed by atoms with Crippen LogP contribution < -0.4 is 15.0 Å². The molecule has 6 nitrogen and oxygen atoms in total. The van der Waals surface area contributed by atoms with Gasteiger partial charge in [-0.1, -0.05) is 0 Å². The van der Waals surface area contributed by atoms with Crippen LogP contribution in [0.5, 0.6) is 11.5 Å². The summed E-state index contributed by atoms with van der Waals surface area (Å²) < 4.78 is 5.78. The van der Waals surface area contributed by atoms with E-state index in [4.69, 9.17) is 10.00 Å². The minimum atomic E-state index is 0.0762. The highest BCUT2D eigenvalue weighted by molar-refractivity contribution is 5.94. The normalized spacial score (nSPS) is 19.5. The Hall–Kier alpha value is -3.04. The number of piperazine rings is 1. The van der Waals surface area contributed by atoms with Crippen LogP contribution in [0.4, 0.5) is 10.5 Å². The molecule has 2 aromatic carbocycles. The molecule has 0 unspecified atom stereocenters. The highest BCUT2D eigenvalue weighted by Gasteiger charge is 2.38. The largest absolute Gasteiger partial charge is 0.457 e. The maximum Gasteiger partial charge on any atom is 0.324 e. The lowest BCUT2D eigenvalue weighted by Crippen LogP contribution is -2.49. The number of benzene rings is 2. The number of anilines is 1. The molecule has 0 saturated carbocycles. The van der Waals surface area contributed by atoms with Crippen LogP contribution in [-0.2, 0) is 0 Å². The van der Waals surface area contributed by atoms with E-state index in [2.05, 4.69) is 11.4 Å². The van der Waals surface area contributed by atoms with Crippen molar-refractivity contribution in [1.29, 1.82) is 5.26 Å². The van der Waals surface area contributed by atoms with E-state index in [-0.39, 0.29) is 12.1 Å². The molecule has 2 fully saturated rings. The minimum absolute atomic E-state index is 0.0762. The van der Waals surface area contributed by atoms with Crippen molar-refractivity contribution in [2.24, 2.45) is 0 Å². The minimum Gasteiger partial charge on any atom is -0.457 e. The molecule has 0 aliphatic carbocycles. The SMILES string of the molecule is N#Cc1ccc(Oc2ccc(N3C[C@@H]4CNCCN4C3=O)cc2)cc1. The zero-order chi connectivity index (χ0) is 17.2. The Morgan fingerprint density at radius 3 is 2.40 bits per heavy atom. The average Bonchev–Trinajstić information content (AvgIpc) is 3.00. The fraction of sp³-hybridized carbons (Fsp3) is 0.263. The van der Waals surface area contributed by atoms with Crippen molar-refractivity contribution in [3.05, 3.63) is 54.1 Å². The summed E-state index contributed by atoms with van der Waals surface area (Å²) in [6, 6.07) is 16.9. The summed E-state index contributed by atoms with van der Waals surface area (Å²) in [5.74, 6) is 1.37. The van der Waals surface area contributed by atoms with Gasteiger partial charge in [-0.3, -0.25) is 4.90 Å². The van der Waals surface area contributed by atoms with Crippen LogP contribution in [0.25, 0.3) is 0 Å².